The maximum absolute atomic E-state index is 9.06. The number of nitriles is 1. The van der Waals surface area contributed by atoms with Crippen LogP contribution in [0.4, 0.5) is 22.1 Å². The summed E-state index contributed by atoms with van der Waals surface area (Å²) in [6.07, 6.45) is 1.54. The average molecular weight is 492 g/mol. The van der Waals surface area contributed by atoms with Crippen molar-refractivity contribution in [1.82, 2.24) is 13.7 Å². The van der Waals surface area contributed by atoms with Crippen molar-refractivity contribution in [3.8, 4) is 16.6 Å². The van der Waals surface area contributed by atoms with E-state index in [0.29, 0.717) is 22.4 Å². The molecule has 0 bridgehead atoms. The van der Waals surface area contributed by atoms with Gasteiger partial charge in [0, 0.05) is 11.4 Å². The van der Waals surface area contributed by atoms with Gasteiger partial charge in [-0.05, 0) is 50.2 Å². The number of nitrogens with zero attached hydrogens (tertiary/aromatic N) is 7. The van der Waals surface area contributed by atoms with Gasteiger partial charge in [-0.1, -0.05) is 42.0 Å². The zero-order valence-corrected chi connectivity index (χ0v) is 20.4. The van der Waals surface area contributed by atoms with Gasteiger partial charge in [0.15, 0.2) is 5.52 Å². The number of benzene rings is 2. The molecule has 0 aliphatic carbocycles. The van der Waals surface area contributed by atoms with Crippen LogP contribution < -0.4 is 4.90 Å². The quantitative estimate of drug-likeness (QED) is 0.146. The van der Waals surface area contributed by atoms with E-state index in [4.69, 9.17) is 11.8 Å². The van der Waals surface area contributed by atoms with Crippen molar-refractivity contribution >= 4 is 62.0 Å². The summed E-state index contributed by atoms with van der Waals surface area (Å²) in [5.74, 6) is -0.265. The van der Waals surface area contributed by atoms with E-state index in [-0.39, 0.29) is 5.84 Å². The van der Waals surface area contributed by atoms with Crippen LogP contribution in [0.15, 0.2) is 71.9 Å². The number of hydrogen-bond donors (Lipinski definition) is 0. The summed E-state index contributed by atoms with van der Waals surface area (Å²) in [4.78, 5) is 15.0. The van der Waals surface area contributed by atoms with Crippen LogP contribution >= 0.6 is 23.1 Å². The molecule has 7 nitrogen and oxygen atoms in total. The van der Waals surface area contributed by atoms with E-state index in [9.17, 15) is 0 Å². The van der Waals surface area contributed by atoms with Gasteiger partial charge in [-0.2, -0.15) is 8.75 Å². The van der Waals surface area contributed by atoms with Crippen molar-refractivity contribution in [2.24, 2.45) is 4.99 Å². The average Bonchev–Trinajstić information content (AvgIpc) is 3.56. The highest BCUT2D eigenvalue weighted by Crippen LogP contribution is 2.43. The normalized spacial score (nSPS) is 11.3. The van der Waals surface area contributed by atoms with Gasteiger partial charge in [0.25, 0.3) is 0 Å². The van der Waals surface area contributed by atoms with E-state index < -0.39 is 0 Å². The van der Waals surface area contributed by atoms with Crippen molar-refractivity contribution < 1.29 is 0 Å². The topological polar surface area (TPSA) is 82.4 Å². The van der Waals surface area contributed by atoms with Gasteiger partial charge in [-0.15, -0.1) is 16.3 Å². The molecule has 0 aliphatic rings. The summed E-state index contributed by atoms with van der Waals surface area (Å²) in [6, 6.07) is 22.8. The molecule has 3 heterocycles. The Balaban J connectivity index is 1.60. The standard InChI is InChI=1S/C26H17N7S2/c1-16-4-8-18(9-5-16)33(19-10-6-17(2)7-11-19)23-13-12-21(34-23)25-26-24(31-35-32-26)20(15-29-25)30-22(14-27)28-3/h4-13,15H,1-2H3. The fourth-order valence-electron chi connectivity index (χ4n) is 3.58. The van der Waals surface area contributed by atoms with E-state index in [1.165, 1.54) is 11.1 Å². The van der Waals surface area contributed by atoms with Crippen LogP contribution in [0.5, 0.6) is 0 Å². The SMILES string of the molecule is [C-]#[N+]C(C#N)=Nc1cnc(-c2ccc(N(c3ccc(C)cc3)c3ccc(C)cc3)s2)c2nsnc12. The highest BCUT2D eigenvalue weighted by atomic mass is 32.1. The third kappa shape index (κ3) is 4.38. The summed E-state index contributed by atoms with van der Waals surface area (Å²) < 4.78 is 8.78. The molecular weight excluding hydrogens is 474 g/mol. The van der Waals surface area contributed by atoms with E-state index >= 15 is 0 Å². The molecule has 0 atom stereocenters. The number of fused-ring (bicyclic) bond motifs is 1. The minimum atomic E-state index is -0.265. The molecular formula is C26H17N7S2. The smallest absolute Gasteiger partial charge is 0.349 e. The van der Waals surface area contributed by atoms with Crippen LogP contribution in [-0.4, -0.2) is 19.6 Å². The number of aromatic nitrogens is 3. The Morgan fingerprint density at radius 2 is 1.57 bits per heavy atom. The lowest BCUT2D eigenvalue weighted by molar-refractivity contribution is 1.29. The van der Waals surface area contributed by atoms with Crippen molar-refractivity contribution in [1.29, 1.82) is 5.26 Å². The first kappa shape index (κ1) is 22.4. The molecule has 2 aromatic carbocycles. The molecule has 0 fully saturated rings. The Labute approximate surface area is 210 Å². The molecule has 0 amide bonds. The number of amidine groups is 1. The molecule has 0 radical (unpaired) electrons. The second kappa shape index (κ2) is 9.43. The molecule has 0 N–H and O–H groups in total. The summed E-state index contributed by atoms with van der Waals surface area (Å²) in [5.41, 5.74) is 6.72. The summed E-state index contributed by atoms with van der Waals surface area (Å²) >= 11 is 2.65. The molecule has 5 aromatic rings. The van der Waals surface area contributed by atoms with Crippen LogP contribution in [0, 0.1) is 31.8 Å². The second-order valence-electron chi connectivity index (χ2n) is 7.76. The Bertz CT molecular complexity index is 1570. The molecule has 0 aliphatic heterocycles. The molecule has 0 saturated heterocycles. The fraction of sp³-hybridized carbons (Fsp3) is 0.0769. The van der Waals surface area contributed by atoms with Crippen molar-refractivity contribution in [3.05, 3.63) is 89.4 Å². The van der Waals surface area contributed by atoms with Crippen LogP contribution in [0.1, 0.15) is 11.1 Å². The maximum atomic E-state index is 9.06. The van der Waals surface area contributed by atoms with Gasteiger partial charge < -0.3 is 9.74 Å². The van der Waals surface area contributed by atoms with Crippen LogP contribution in [0.25, 0.3) is 26.4 Å². The van der Waals surface area contributed by atoms with Gasteiger partial charge in [0.1, 0.15) is 22.3 Å². The highest BCUT2D eigenvalue weighted by Gasteiger charge is 2.20. The van der Waals surface area contributed by atoms with Crippen molar-refractivity contribution in [2.75, 3.05) is 4.90 Å². The Kier molecular flexibility index (Phi) is 6.02. The molecule has 168 valence electrons. The molecule has 3 aromatic heterocycles. The van der Waals surface area contributed by atoms with Crippen molar-refractivity contribution in [2.45, 2.75) is 13.8 Å². The lowest BCUT2D eigenvalue weighted by atomic mass is 10.1. The first-order chi connectivity index (χ1) is 17.1. The predicted molar refractivity (Wildman–Crippen MR) is 142 cm³/mol. The van der Waals surface area contributed by atoms with Crippen molar-refractivity contribution in [3.63, 3.8) is 0 Å². The second-order valence-corrected chi connectivity index (χ2v) is 9.35. The maximum Gasteiger partial charge on any atom is 0.349 e. The van der Waals surface area contributed by atoms with Gasteiger partial charge in [0.05, 0.1) is 22.8 Å². The highest BCUT2D eigenvalue weighted by molar-refractivity contribution is 7.19. The van der Waals surface area contributed by atoms with Crippen LogP contribution in [0.3, 0.4) is 0 Å². The number of aryl methyl sites for hydroxylation is 2. The van der Waals surface area contributed by atoms with Gasteiger partial charge in [0.2, 0.25) is 5.69 Å². The first-order valence-corrected chi connectivity index (χ1v) is 12.1. The fourth-order valence-corrected chi connectivity index (χ4v) is 5.18. The number of rotatable bonds is 5. The largest absolute Gasteiger partial charge is 0.351 e. The number of anilines is 3. The Hall–Kier alpha value is -4.44. The lowest BCUT2D eigenvalue weighted by Gasteiger charge is -2.24. The number of thiophene rings is 1. The molecule has 9 heteroatoms. The molecule has 35 heavy (non-hydrogen) atoms. The number of hydrogen-bond acceptors (Lipinski definition) is 8. The van der Waals surface area contributed by atoms with Gasteiger partial charge >= 0.3 is 5.84 Å². The third-order valence-corrected chi connectivity index (χ3v) is 6.94. The van der Waals surface area contributed by atoms with E-state index in [1.807, 2.05) is 6.07 Å². The summed E-state index contributed by atoms with van der Waals surface area (Å²) in [5, 5.41) is 10.1. The zero-order valence-electron chi connectivity index (χ0n) is 18.8. The third-order valence-electron chi connectivity index (χ3n) is 5.33. The van der Waals surface area contributed by atoms with Crippen LogP contribution in [0.2, 0.25) is 0 Å². The number of aliphatic imine (C=N–C) groups is 1. The molecule has 0 saturated carbocycles. The minimum absolute atomic E-state index is 0.265. The molecule has 5 rings (SSSR count). The van der Waals surface area contributed by atoms with Gasteiger partial charge in [-0.25, -0.2) is 10.2 Å². The lowest BCUT2D eigenvalue weighted by Crippen LogP contribution is -2.08. The summed E-state index contributed by atoms with van der Waals surface area (Å²) in [7, 11) is 0. The predicted octanol–water partition coefficient (Wildman–Crippen LogP) is 7.37. The van der Waals surface area contributed by atoms with E-state index in [0.717, 1.165) is 33.0 Å². The van der Waals surface area contributed by atoms with E-state index in [2.05, 4.69) is 96.9 Å². The Morgan fingerprint density at radius 1 is 0.943 bits per heavy atom. The first-order valence-electron chi connectivity index (χ1n) is 10.6. The molecule has 0 unspecified atom stereocenters. The number of pyridine rings is 1. The van der Waals surface area contributed by atoms with Crippen LogP contribution in [-0.2, 0) is 0 Å². The monoisotopic (exact) mass is 491 g/mol. The van der Waals surface area contributed by atoms with Gasteiger partial charge in [-0.3, -0.25) is 0 Å². The molecule has 0 spiro atoms. The Morgan fingerprint density at radius 3 is 2.17 bits per heavy atom. The summed E-state index contributed by atoms with van der Waals surface area (Å²) in [6.45, 7) is 11.2. The minimum Gasteiger partial charge on any atom is -0.351 e. The van der Waals surface area contributed by atoms with E-state index in [1.54, 1.807) is 23.6 Å². The zero-order chi connectivity index (χ0) is 24.4.